The molecule has 1 amide bonds. The van der Waals surface area contributed by atoms with Crippen LogP contribution in [0.15, 0.2) is 6.20 Å². The molecule has 0 unspecified atom stereocenters. The SMILES string of the molecule is NC(=O)c1cnnn1[C@@H]1OC[C@](O)(CO)[C@H]1O. The van der Waals surface area contributed by atoms with Gasteiger partial charge < -0.3 is 25.8 Å². The smallest absolute Gasteiger partial charge is 0.268 e. The molecule has 0 aromatic carbocycles. The average molecular weight is 244 g/mol. The maximum atomic E-state index is 11.0. The molecule has 1 saturated heterocycles. The summed E-state index contributed by atoms with van der Waals surface area (Å²) in [5, 5.41) is 35.6. The Bertz CT molecular complexity index is 435. The van der Waals surface area contributed by atoms with Crippen molar-refractivity contribution in [2.75, 3.05) is 13.2 Å². The van der Waals surface area contributed by atoms with Crippen LogP contribution in [0.5, 0.6) is 0 Å². The van der Waals surface area contributed by atoms with Gasteiger partial charge in [0, 0.05) is 0 Å². The fourth-order valence-corrected chi connectivity index (χ4v) is 1.62. The molecule has 2 rings (SSSR count). The number of ether oxygens (including phenoxy) is 1. The average Bonchev–Trinajstić information content (AvgIpc) is 2.86. The van der Waals surface area contributed by atoms with E-state index in [0.717, 1.165) is 10.9 Å². The number of carbonyl (C=O) groups is 1. The van der Waals surface area contributed by atoms with Crippen LogP contribution in [-0.2, 0) is 4.74 Å². The Labute approximate surface area is 95.4 Å². The van der Waals surface area contributed by atoms with Crippen LogP contribution in [0.4, 0.5) is 0 Å². The summed E-state index contributed by atoms with van der Waals surface area (Å²) < 4.78 is 6.07. The third-order valence-electron chi connectivity index (χ3n) is 2.67. The number of nitrogens with zero attached hydrogens (tertiary/aromatic N) is 3. The fourth-order valence-electron chi connectivity index (χ4n) is 1.62. The van der Waals surface area contributed by atoms with Crippen LogP contribution < -0.4 is 5.73 Å². The first-order valence-electron chi connectivity index (χ1n) is 4.82. The molecule has 0 saturated carbocycles. The van der Waals surface area contributed by atoms with Gasteiger partial charge in [-0.2, -0.15) is 0 Å². The highest BCUT2D eigenvalue weighted by molar-refractivity contribution is 5.90. The Morgan fingerprint density at radius 2 is 2.47 bits per heavy atom. The second-order valence-electron chi connectivity index (χ2n) is 3.84. The van der Waals surface area contributed by atoms with Crippen LogP contribution in [-0.4, -0.2) is 61.1 Å². The molecular formula is C8H12N4O5. The number of carbonyl (C=O) groups excluding carboxylic acids is 1. The number of aromatic nitrogens is 3. The largest absolute Gasteiger partial charge is 0.393 e. The van der Waals surface area contributed by atoms with Crippen molar-refractivity contribution in [2.45, 2.75) is 17.9 Å². The van der Waals surface area contributed by atoms with E-state index in [1.54, 1.807) is 0 Å². The quantitative estimate of drug-likeness (QED) is 0.443. The molecule has 1 aliphatic heterocycles. The van der Waals surface area contributed by atoms with Gasteiger partial charge in [0.15, 0.2) is 6.23 Å². The molecule has 0 spiro atoms. The van der Waals surface area contributed by atoms with Crippen LogP contribution in [0.2, 0.25) is 0 Å². The van der Waals surface area contributed by atoms with Gasteiger partial charge in [0.1, 0.15) is 17.4 Å². The number of aliphatic hydroxyl groups is 3. The van der Waals surface area contributed by atoms with E-state index in [9.17, 15) is 15.0 Å². The normalized spacial score (nSPS) is 32.9. The molecular weight excluding hydrogens is 232 g/mol. The summed E-state index contributed by atoms with van der Waals surface area (Å²) in [5.41, 5.74) is 3.24. The zero-order chi connectivity index (χ0) is 12.6. The van der Waals surface area contributed by atoms with Crippen molar-refractivity contribution in [2.24, 2.45) is 5.73 Å². The summed E-state index contributed by atoms with van der Waals surface area (Å²) in [6.45, 7) is -0.960. The highest BCUT2D eigenvalue weighted by Crippen LogP contribution is 2.31. The van der Waals surface area contributed by atoms with Gasteiger partial charge >= 0.3 is 0 Å². The lowest BCUT2D eigenvalue weighted by Gasteiger charge is -2.23. The number of hydrogen-bond acceptors (Lipinski definition) is 7. The first kappa shape index (κ1) is 11.9. The summed E-state index contributed by atoms with van der Waals surface area (Å²) in [4.78, 5) is 11.0. The Balaban J connectivity index is 2.30. The minimum atomic E-state index is -1.79. The van der Waals surface area contributed by atoms with E-state index in [4.69, 9.17) is 15.6 Å². The number of primary amides is 1. The monoisotopic (exact) mass is 244 g/mol. The van der Waals surface area contributed by atoms with E-state index in [1.165, 1.54) is 0 Å². The van der Waals surface area contributed by atoms with Crippen molar-refractivity contribution in [1.82, 2.24) is 15.0 Å². The van der Waals surface area contributed by atoms with Crippen LogP contribution in [0.1, 0.15) is 16.7 Å². The zero-order valence-corrected chi connectivity index (χ0v) is 8.72. The lowest BCUT2D eigenvalue weighted by molar-refractivity contribution is -0.0894. The predicted molar refractivity (Wildman–Crippen MR) is 51.6 cm³/mol. The predicted octanol–water partition coefficient (Wildman–Crippen LogP) is -3.01. The van der Waals surface area contributed by atoms with Crippen molar-refractivity contribution in [3.63, 3.8) is 0 Å². The number of amides is 1. The van der Waals surface area contributed by atoms with E-state index in [-0.39, 0.29) is 12.3 Å². The highest BCUT2D eigenvalue weighted by atomic mass is 16.6. The molecule has 0 radical (unpaired) electrons. The van der Waals surface area contributed by atoms with E-state index >= 15 is 0 Å². The third-order valence-corrected chi connectivity index (χ3v) is 2.67. The third kappa shape index (κ3) is 1.78. The minimum Gasteiger partial charge on any atom is -0.393 e. The number of hydrogen-bond donors (Lipinski definition) is 4. The number of nitrogens with two attached hydrogens (primary N) is 1. The molecule has 1 aliphatic rings. The summed E-state index contributed by atoms with van der Waals surface area (Å²) in [6, 6.07) is 0. The molecule has 9 nitrogen and oxygen atoms in total. The molecule has 0 bridgehead atoms. The van der Waals surface area contributed by atoms with Crippen LogP contribution >= 0.6 is 0 Å². The second kappa shape index (κ2) is 4.04. The second-order valence-corrected chi connectivity index (χ2v) is 3.84. The number of rotatable bonds is 3. The van der Waals surface area contributed by atoms with Crippen molar-refractivity contribution in [3.8, 4) is 0 Å². The molecule has 3 atom stereocenters. The van der Waals surface area contributed by atoms with Crippen LogP contribution in [0, 0.1) is 0 Å². The Morgan fingerprint density at radius 1 is 1.76 bits per heavy atom. The van der Waals surface area contributed by atoms with E-state index in [1.807, 2.05) is 0 Å². The molecule has 0 aliphatic carbocycles. The van der Waals surface area contributed by atoms with E-state index in [0.29, 0.717) is 0 Å². The van der Waals surface area contributed by atoms with Crippen LogP contribution in [0.25, 0.3) is 0 Å². The lowest BCUT2D eigenvalue weighted by Crippen LogP contribution is -2.46. The Hall–Kier alpha value is -1.55. The standard InChI is InChI=1S/C8H12N4O5/c9-6(15)4-1-10-11-12(4)7-5(14)8(16,2-13)3-17-7/h1,5,7,13-14,16H,2-3H2,(H2,9,15)/t5-,7+,8+/m0/s1. The summed E-state index contributed by atoms with van der Waals surface area (Å²) >= 11 is 0. The Kier molecular flexibility index (Phi) is 2.83. The van der Waals surface area contributed by atoms with Gasteiger partial charge in [0.25, 0.3) is 5.91 Å². The zero-order valence-electron chi connectivity index (χ0n) is 8.72. The number of aliphatic hydroxyl groups excluding tert-OH is 2. The van der Waals surface area contributed by atoms with Gasteiger partial charge in [-0.05, 0) is 0 Å². The van der Waals surface area contributed by atoms with Crippen molar-refractivity contribution in [1.29, 1.82) is 0 Å². The molecule has 94 valence electrons. The van der Waals surface area contributed by atoms with E-state index in [2.05, 4.69) is 10.3 Å². The molecule has 1 aromatic heterocycles. The molecule has 17 heavy (non-hydrogen) atoms. The lowest BCUT2D eigenvalue weighted by atomic mass is 10.0. The molecule has 5 N–H and O–H groups in total. The Morgan fingerprint density at radius 3 is 3.00 bits per heavy atom. The maximum absolute atomic E-state index is 11.0. The molecule has 1 aromatic rings. The van der Waals surface area contributed by atoms with Crippen molar-refractivity contribution in [3.05, 3.63) is 11.9 Å². The minimum absolute atomic E-state index is 0.0590. The maximum Gasteiger partial charge on any atom is 0.268 e. The van der Waals surface area contributed by atoms with Crippen molar-refractivity contribution >= 4 is 5.91 Å². The fraction of sp³-hybridized carbons (Fsp3) is 0.625. The summed E-state index contributed by atoms with van der Waals surface area (Å²) in [7, 11) is 0. The molecule has 1 fully saturated rings. The topological polar surface area (TPSA) is 144 Å². The summed E-state index contributed by atoms with van der Waals surface area (Å²) in [5.74, 6) is -0.787. The van der Waals surface area contributed by atoms with Gasteiger partial charge in [-0.3, -0.25) is 4.79 Å². The molecule has 2 heterocycles. The summed E-state index contributed by atoms with van der Waals surface area (Å²) in [6.07, 6.45) is -1.43. The van der Waals surface area contributed by atoms with Gasteiger partial charge in [-0.15, -0.1) is 5.10 Å². The van der Waals surface area contributed by atoms with Gasteiger partial charge in [0.05, 0.1) is 19.4 Å². The van der Waals surface area contributed by atoms with Crippen LogP contribution in [0.3, 0.4) is 0 Å². The highest BCUT2D eigenvalue weighted by Gasteiger charge is 2.49. The first-order chi connectivity index (χ1) is 7.99. The van der Waals surface area contributed by atoms with E-state index < -0.39 is 30.4 Å². The molecule has 9 heteroatoms. The van der Waals surface area contributed by atoms with Crippen molar-refractivity contribution < 1.29 is 24.9 Å². The van der Waals surface area contributed by atoms with Gasteiger partial charge in [0.2, 0.25) is 0 Å². The van der Waals surface area contributed by atoms with Gasteiger partial charge in [-0.1, -0.05) is 5.21 Å². The first-order valence-corrected chi connectivity index (χ1v) is 4.82. The van der Waals surface area contributed by atoms with Gasteiger partial charge in [-0.25, -0.2) is 4.68 Å².